The Morgan fingerprint density at radius 2 is 0.944 bits per heavy atom. The van der Waals surface area contributed by atoms with E-state index in [1.165, 1.54) is 44.5 Å². The first-order valence-electron chi connectivity index (χ1n) is 18.5. The first kappa shape index (κ1) is 34.7. The van der Waals surface area contributed by atoms with Gasteiger partial charge in [0.05, 0.1) is 17.1 Å². The molecule has 0 radical (unpaired) electrons. The van der Waals surface area contributed by atoms with E-state index in [4.69, 9.17) is 9.97 Å². The van der Waals surface area contributed by atoms with E-state index < -0.39 is 0 Å². The minimum absolute atomic E-state index is 0.865. The van der Waals surface area contributed by atoms with E-state index in [1.54, 1.807) is 0 Å². The molecule has 0 bridgehead atoms. The zero-order valence-electron chi connectivity index (χ0n) is 32.2. The summed E-state index contributed by atoms with van der Waals surface area (Å²) in [6.07, 6.45) is 0. The Kier molecular flexibility index (Phi) is 8.90. The maximum Gasteiger partial charge on any atom is 0.141 e. The largest absolute Gasteiger partial charge is 0.327 e. The minimum atomic E-state index is 0.865. The fourth-order valence-electron chi connectivity index (χ4n) is 8.34. The number of aromatic nitrogens is 6. The summed E-state index contributed by atoms with van der Waals surface area (Å²) in [7, 11) is 4.09. The molecule has 266 valence electrons. The number of hydrogen-bond acceptors (Lipinski definition) is 4. The third-order valence-corrected chi connectivity index (χ3v) is 10.6. The highest BCUT2D eigenvalue weighted by Gasteiger charge is 2.24. The Hall–Kier alpha value is -6.40. The molecule has 0 spiro atoms. The summed E-state index contributed by atoms with van der Waals surface area (Å²) >= 11 is 0. The first-order chi connectivity index (χ1) is 26.1. The summed E-state index contributed by atoms with van der Waals surface area (Å²) in [5.74, 6) is 0.944. The van der Waals surface area contributed by atoms with Crippen LogP contribution in [0.25, 0.3) is 78.7 Å². The molecule has 3 heterocycles. The molecular formula is C48H44N6. The van der Waals surface area contributed by atoms with E-state index in [9.17, 15) is 0 Å². The van der Waals surface area contributed by atoms with Crippen LogP contribution in [0.2, 0.25) is 0 Å². The van der Waals surface area contributed by atoms with Crippen LogP contribution in [-0.2, 0) is 14.1 Å². The average molecular weight is 705 g/mol. The third kappa shape index (κ3) is 6.03. The summed E-state index contributed by atoms with van der Waals surface area (Å²) in [4.78, 5) is 10.2. The van der Waals surface area contributed by atoms with Crippen molar-refractivity contribution in [2.45, 2.75) is 41.5 Å². The highest BCUT2D eigenvalue weighted by atomic mass is 15.4. The van der Waals surface area contributed by atoms with Crippen LogP contribution in [-0.4, -0.2) is 29.5 Å². The van der Waals surface area contributed by atoms with E-state index in [1.807, 2.05) is 29.9 Å². The second-order valence-corrected chi connectivity index (χ2v) is 14.4. The molecule has 0 saturated heterocycles. The lowest BCUT2D eigenvalue weighted by molar-refractivity contribution is 0.721. The van der Waals surface area contributed by atoms with Gasteiger partial charge in [-0.2, -0.15) is 0 Å². The van der Waals surface area contributed by atoms with Crippen LogP contribution in [0.4, 0.5) is 0 Å². The van der Waals surface area contributed by atoms with Crippen LogP contribution in [0, 0.1) is 41.5 Å². The van der Waals surface area contributed by atoms with Crippen LogP contribution in [0.5, 0.6) is 0 Å². The Morgan fingerprint density at radius 3 is 1.57 bits per heavy atom. The van der Waals surface area contributed by atoms with Crippen LogP contribution in [0.1, 0.15) is 33.6 Å². The van der Waals surface area contributed by atoms with Crippen molar-refractivity contribution in [3.63, 3.8) is 0 Å². The van der Waals surface area contributed by atoms with Gasteiger partial charge in [-0.3, -0.25) is 4.98 Å². The van der Waals surface area contributed by atoms with Gasteiger partial charge in [0.2, 0.25) is 0 Å². The Bertz CT molecular complexity index is 2620. The maximum absolute atomic E-state index is 5.49. The van der Waals surface area contributed by atoms with Gasteiger partial charge in [0.25, 0.3) is 0 Å². The molecule has 0 amide bonds. The Balaban J connectivity index is 1.24. The van der Waals surface area contributed by atoms with Crippen molar-refractivity contribution in [3.8, 4) is 78.7 Å². The molecule has 6 nitrogen and oxygen atoms in total. The predicted molar refractivity (Wildman–Crippen MR) is 222 cm³/mol. The lowest BCUT2D eigenvalue weighted by Crippen LogP contribution is -2.02. The van der Waals surface area contributed by atoms with Crippen molar-refractivity contribution >= 4 is 0 Å². The van der Waals surface area contributed by atoms with Crippen molar-refractivity contribution < 1.29 is 0 Å². The Morgan fingerprint density at radius 1 is 0.444 bits per heavy atom. The number of rotatable bonds is 7. The van der Waals surface area contributed by atoms with E-state index in [0.717, 1.165) is 67.8 Å². The van der Waals surface area contributed by atoms with E-state index >= 15 is 0 Å². The number of imidazole rings is 1. The fraction of sp³-hybridized carbons (Fsp3) is 0.167. The number of nitrogens with zero attached hydrogens (tertiary/aromatic N) is 6. The SMILES string of the molecule is Cc1cc(C)c(-c2ccc(-c3c(C)cc(C)c(-c4nc(-c5ccc(-c6c(-c7ccccc7)nnn6C)cc5)c(-c5ccccc5)n4C)c3C)cc2)c(C)n1. The molecule has 0 fully saturated rings. The van der Waals surface area contributed by atoms with Gasteiger partial charge in [0.15, 0.2) is 0 Å². The van der Waals surface area contributed by atoms with E-state index in [2.05, 4.69) is 167 Å². The number of aryl methyl sites for hydroxylation is 6. The molecule has 0 atom stereocenters. The summed E-state index contributed by atoms with van der Waals surface area (Å²) in [6.45, 7) is 13.0. The molecule has 54 heavy (non-hydrogen) atoms. The lowest BCUT2D eigenvalue weighted by Gasteiger charge is -2.19. The maximum atomic E-state index is 5.49. The number of benzene rings is 5. The van der Waals surface area contributed by atoms with E-state index in [-0.39, 0.29) is 0 Å². The van der Waals surface area contributed by atoms with E-state index in [0.29, 0.717) is 0 Å². The van der Waals surface area contributed by atoms with Gasteiger partial charge in [0, 0.05) is 58.9 Å². The summed E-state index contributed by atoms with van der Waals surface area (Å²) in [5.41, 5.74) is 21.1. The standard InChI is InChI=1S/C48H44N6/c1-29-27-30(2)42(33(5)41(29)35-19-21-36(22-20-35)43-31(3)28-32(4)49-34(43)6)48-50-44(46(53(48)7)39-17-13-10-14-18-39)38-23-25-40(26-24-38)47-45(51-52-54(47)8)37-15-11-9-12-16-37/h9-28H,1-8H3. The molecule has 5 aromatic carbocycles. The second-order valence-electron chi connectivity index (χ2n) is 14.4. The van der Waals surface area contributed by atoms with Gasteiger partial charge in [-0.15, -0.1) is 5.10 Å². The van der Waals surface area contributed by atoms with Gasteiger partial charge >= 0.3 is 0 Å². The van der Waals surface area contributed by atoms with Crippen molar-refractivity contribution in [2.75, 3.05) is 0 Å². The van der Waals surface area contributed by atoms with Crippen molar-refractivity contribution in [1.82, 2.24) is 29.5 Å². The molecule has 8 aromatic rings. The van der Waals surface area contributed by atoms with Gasteiger partial charge < -0.3 is 4.57 Å². The van der Waals surface area contributed by atoms with Crippen molar-refractivity contribution in [1.29, 1.82) is 0 Å². The van der Waals surface area contributed by atoms with Crippen LogP contribution < -0.4 is 0 Å². The molecule has 0 aliphatic rings. The highest BCUT2D eigenvalue weighted by Crippen LogP contribution is 2.42. The molecule has 3 aromatic heterocycles. The number of pyridine rings is 1. The fourth-order valence-corrected chi connectivity index (χ4v) is 8.34. The van der Waals surface area contributed by atoms with Crippen LogP contribution in [0.15, 0.2) is 121 Å². The summed E-state index contributed by atoms with van der Waals surface area (Å²) in [6, 6.07) is 42.9. The second kappa shape index (κ2) is 13.9. The van der Waals surface area contributed by atoms with Crippen LogP contribution in [0.3, 0.4) is 0 Å². The summed E-state index contributed by atoms with van der Waals surface area (Å²) < 4.78 is 4.12. The molecular weight excluding hydrogens is 661 g/mol. The molecule has 0 N–H and O–H groups in total. The molecule has 0 aliphatic heterocycles. The first-order valence-corrected chi connectivity index (χ1v) is 18.5. The molecule has 6 heteroatoms. The molecule has 0 saturated carbocycles. The quantitative estimate of drug-likeness (QED) is 0.166. The topological polar surface area (TPSA) is 61.4 Å². The van der Waals surface area contributed by atoms with Crippen molar-refractivity contribution in [2.24, 2.45) is 14.1 Å². The zero-order valence-corrected chi connectivity index (χ0v) is 32.2. The minimum Gasteiger partial charge on any atom is -0.327 e. The monoisotopic (exact) mass is 704 g/mol. The zero-order chi connectivity index (χ0) is 37.7. The van der Waals surface area contributed by atoms with Gasteiger partial charge in [0.1, 0.15) is 11.5 Å². The predicted octanol–water partition coefficient (Wildman–Crippen LogP) is 11.5. The lowest BCUT2D eigenvalue weighted by atomic mass is 9.88. The van der Waals surface area contributed by atoms with Crippen molar-refractivity contribution in [3.05, 3.63) is 155 Å². The van der Waals surface area contributed by atoms with Gasteiger partial charge in [-0.1, -0.05) is 120 Å². The smallest absolute Gasteiger partial charge is 0.141 e. The van der Waals surface area contributed by atoms with Gasteiger partial charge in [-0.05, 0) is 86.6 Å². The molecule has 0 unspecified atom stereocenters. The summed E-state index contributed by atoms with van der Waals surface area (Å²) in [5, 5.41) is 8.90. The normalized spacial score (nSPS) is 11.3. The average Bonchev–Trinajstić information content (AvgIpc) is 3.71. The Labute approximate surface area is 317 Å². The molecule has 0 aliphatic carbocycles. The molecule has 8 rings (SSSR count). The van der Waals surface area contributed by atoms with Crippen LogP contribution >= 0.6 is 0 Å². The van der Waals surface area contributed by atoms with Gasteiger partial charge in [-0.25, -0.2) is 9.67 Å². The number of hydrogen-bond donors (Lipinski definition) is 0. The highest BCUT2D eigenvalue weighted by molar-refractivity contribution is 5.88. The third-order valence-electron chi connectivity index (χ3n) is 10.6.